The van der Waals surface area contributed by atoms with Crippen molar-refractivity contribution in [3.05, 3.63) is 70.8 Å². The van der Waals surface area contributed by atoms with Crippen LogP contribution in [-0.4, -0.2) is 24.1 Å². The van der Waals surface area contributed by atoms with Gasteiger partial charge in [0.2, 0.25) is 5.91 Å². The lowest BCUT2D eigenvalue weighted by molar-refractivity contribution is -0.125. The van der Waals surface area contributed by atoms with Gasteiger partial charge in [-0.25, -0.2) is 0 Å². The Hall–Kier alpha value is -2.24. The van der Waals surface area contributed by atoms with Crippen molar-refractivity contribution in [3.63, 3.8) is 0 Å². The molecule has 3 aromatic rings. The molecule has 1 saturated heterocycles. The molecule has 0 bridgehead atoms. The van der Waals surface area contributed by atoms with Crippen molar-refractivity contribution in [3.8, 4) is 0 Å². The third-order valence-electron chi connectivity index (χ3n) is 5.04. The zero-order chi connectivity index (χ0) is 18.0. The van der Waals surface area contributed by atoms with Crippen LogP contribution in [0.15, 0.2) is 65.3 Å². The molecule has 0 aliphatic carbocycles. The van der Waals surface area contributed by atoms with Crippen molar-refractivity contribution in [2.75, 3.05) is 18.5 Å². The molecule has 1 aliphatic rings. The van der Waals surface area contributed by atoms with Crippen LogP contribution in [0.4, 0.5) is 5.69 Å². The first-order chi connectivity index (χ1) is 12.7. The second-order valence-corrected chi connectivity index (χ2v) is 7.48. The number of nitrogens with one attached hydrogen (secondary N) is 1. The summed E-state index contributed by atoms with van der Waals surface area (Å²) in [6, 6.07) is 17.7. The molecule has 0 radical (unpaired) electrons. The molecule has 1 fully saturated rings. The van der Waals surface area contributed by atoms with E-state index in [2.05, 4.69) is 26.2 Å². The van der Waals surface area contributed by atoms with Gasteiger partial charge in [-0.1, -0.05) is 34.1 Å². The Labute approximate surface area is 160 Å². The van der Waals surface area contributed by atoms with E-state index >= 15 is 0 Å². The van der Waals surface area contributed by atoms with Gasteiger partial charge in [0.25, 0.3) is 0 Å². The van der Waals surface area contributed by atoms with E-state index in [9.17, 15) is 4.79 Å². The number of aromatic nitrogens is 1. The van der Waals surface area contributed by atoms with Gasteiger partial charge in [0.15, 0.2) is 0 Å². The summed E-state index contributed by atoms with van der Waals surface area (Å²) in [6.07, 6.45) is 3.12. The standard InChI is InChI=1S/C21H19BrN2O2/c22-17-5-3-16(4-6-17)21(9-12-26-13-10-21)20(25)24-18-7-8-19-15(14-18)2-1-11-23-19/h1-8,11,14H,9-10,12-13H2,(H,24,25). The van der Waals surface area contributed by atoms with Crippen LogP contribution in [0.1, 0.15) is 18.4 Å². The maximum Gasteiger partial charge on any atom is 0.235 e. The Morgan fingerprint density at radius 2 is 1.85 bits per heavy atom. The molecule has 132 valence electrons. The largest absolute Gasteiger partial charge is 0.381 e. The van der Waals surface area contributed by atoms with Crippen LogP contribution in [0, 0.1) is 0 Å². The summed E-state index contributed by atoms with van der Waals surface area (Å²) in [7, 11) is 0. The normalized spacial score (nSPS) is 16.3. The summed E-state index contributed by atoms with van der Waals surface area (Å²) in [5.41, 5.74) is 2.17. The van der Waals surface area contributed by atoms with E-state index in [4.69, 9.17) is 4.74 Å². The lowest BCUT2D eigenvalue weighted by atomic mass is 9.73. The third kappa shape index (κ3) is 3.24. The Morgan fingerprint density at radius 1 is 1.08 bits per heavy atom. The Morgan fingerprint density at radius 3 is 2.62 bits per heavy atom. The Bertz CT molecular complexity index is 934. The minimum atomic E-state index is -0.567. The minimum absolute atomic E-state index is 0.0198. The first kappa shape index (κ1) is 17.2. The Balaban J connectivity index is 1.66. The predicted octanol–water partition coefficient (Wildman–Crippen LogP) is 4.68. The van der Waals surface area contributed by atoms with Crippen LogP contribution < -0.4 is 5.32 Å². The van der Waals surface area contributed by atoms with Gasteiger partial charge in [0.1, 0.15) is 0 Å². The number of hydrogen-bond acceptors (Lipinski definition) is 3. The topological polar surface area (TPSA) is 51.2 Å². The number of anilines is 1. The molecule has 2 aromatic carbocycles. The number of nitrogens with zero attached hydrogens (tertiary/aromatic N) is 1. The van der Waals surface area contributed by atoms with E-state index in [0.717, 1.165) is 26.6 Å². The van der Waals surface area contributed by atoms with Gasteiger partial charge in [-0.2, -0.15) is 0 Å². The molecule has 0 spiro atoms. The Kier molecular flexibility index (Phi) is 4.74. The lowest BCUT2D eigenvalue weighted by Crippen LogP contribution is -2.44. The predicted molar refractivity (Wildman–Crippen MR) is 106 cm³/mol. The molecule has 26 heavy (non-hydrogen) atoms. The SMILES string of the molecule is O=C(Nc1ccc2ncccc2c1)C1(c2ccc(Br)cc2)CCOCC1. The fourth-order valence-electron chi connectivity index (χ4n) is 3.54. The van der Waals surface area contributed by atoms with Gasteiger partial charge in [-0.15, -0.1) is 0 Å². The number of amides is 1. The van der Waals surface area contributed by atoms with E-state index < -0.39 is 5.41 Å². The summed E-state index contributed by atoms with van der Waals surface area (Å²) in [4.78, 5) is 17.6. The van der Waals surface area contributed by atoms with Crippen molar-refractivity contribution in [2.45, 2.75) is 18.3 Å². The monoisotopic (exact) mass is 410 g/mol. The number of benzene rings is 2. The highest BCUT2D eigenvalue weighted by Gasteiger charge is 2.41. The van der Waals surface area contributed by atoms with Crippen molar-refractivity contribution in [1.29, 1.82) is 0 Å². The fourth-order valence-corrected chi connectivity index (χ4v) is 3.80. The molecule has 2 heterocycles. The zero-order valence-corrected chi connectivity index (χ0v) is 15.8. The molecule has 0 unspecified atom stereocenters. The summed E-state index contributed by atoms with van der Waals surface area (Å²) in [5.74, 6) is 0.0198. The molecule has 0 atom stereocenters. The third-order valence-corrected chi connectivity index (χ3v) is 5.57. The molecular weight excluding hydrogens is 392 g/mol. The number of fused-ring (bicyclic) bond motifs is 1. The van der Waals surface area contributed by atoms with Gasteiger partial charge >= 0.3 is 0 Å². The molecule has 4 rings (SSSR count). The van der Waals surface area contributed by atoms with Crippen LogP contribution in [0.5, 0.6) is 0 Å². The summed E-state index contributed by atoms with van der Waals surface area (Å²) in [5, 5.41) is 4.13. The molecule has 4 nitrogen and oxygen atoms in total. The van der Waals surface area contributed by atoms with Crippen molar-refractivity contribution in [2.24, 2.45) is 0 Å². The van der Waals surface area contributed by atoms with Crippen molar-refractivity contribution in [1.82, 2.24) is 4.98 Å². The maximum absolute atomic E-state index is 13.3. The lowest BCUT2D eigenvalue weighted by Gasteiger charge is -2.36. The van der Waals surface area contributed by atoms with Crippen LogP contribution in [-0.2, 0) is 14.9 Å². The van der Waals surface area contributed by atoms with Crippen LogP contribution in [0.25, 0.3) is 10.9 Å². The van der Waals surface area contributed by atoms with Gasteiger partial charge in [-0.3, -0.25) is 9.78 Å². The number of rotatable bonds is 3. The van der Waals surface area contributed by atoms with E-state index in [1.54, 1.807) is 6.20 Å². The molecular formula is C21H19BrN2O2. The molecule has 5 heteroatoms. The van der Waals surface area contributed by atoms with Crippen LogP contribution in [0.2, 0.25) is 0 Å². The highest BCUT2D eigenvalue weighted by molar-refractivity contribution is 9.10. The van der Waals surface area contributed by atoms with E-state index in [1.165, 1.54) is 0 Å². The number of carbonyl (C=O) groups excluding carboxylic acids is 1. The highest BCUT2D eigenvalue weighted by atomic mass is 79.9. The van der Waals surface area contributed by atoms with Gasteiger partial charge in [0.05, 0.1) is 10.9 Å². The molecule has 1 aliphatic heterocycles. The number of hydrogen-bond donors (Lipinski definition) is 1. The van der Waals surface area contributed by atoms with Crippen LogP contribution >= 0.6 is 15.9 Å². The highest BCUT2D eigenvalue weighted by Crippen LogP contribution is 2.37. The smallest absolute Gasteiger partial charge is 0.235 e. The second-order valence-electron chi connectivity index (χ2n) is 6.57. The molecule has 1 amide bonds. The number of carbonyl (C=O) groups is 1. The van der Waals surface area contributed by atoms with Crippen molar-refractivity contribution >= 4 is 38.4 Å². The average Bonchev–Trinajstić information content (AvgIpc) is 2.69. The first-order valence-electron chi connectivity index (χ1n) is 8.67. The summed E-state index contributed by atoms with van der Waals surface area (Å²) >= 11 is 3.47. The summed E-state index contributed by atoms with van der Waals surface area (Å²) < 4.78 is 6.54. The van der Waals surface area contributed by atoms with Gasteiger partial charge in [-0.05, 0) is 54.8 Å². The van der Waals surface area contributed by atoms with Gasteiger partial charge in [0, 0.05) is 35.0 Å². The number of halogens is 1. The summed E-state index contributed by atoms with van der Waals surface area (Å²) in [6.45, 7) is 1.18. The zero-order valence-electron chi connectivity index (χ0n) is 14.2. The molecule has 0 saturated carbocycles. The first-order valence-corrected chi connectivity index (χ1v) is 9.47. The fraction of sp³-hybridized carbons (Fsp3) is 0.238. The number of pyridine rings is 1. The maximum atomic E-state index is 13.3. The number of ether oxygens (including phenoxy) is 1. The molecule has 1 N–H and O–H groups in total. The van der Waals surface area contributed by atoms with E-state index in [-0.39, 0.29) is 5.91 Å². The second kappa shape index (κ2) is 7.17. The van der Waals surface area contributed by atoms with Crippen molar-refractivity contribution < 1.29 is 9.53 Å². The van der Waals surface area contributed by atoms with Gasteiger partial charge < -0.3 is 10.1 Å². The van der Waals surface area contributed by atoms with Crippen LogP contribution in [0.3, 0.4) is 0 Å². The minimum Gasteiger partial charge on any atom is -0.381 e. The molecule has 1 aromatic heterocycles. The average molecular weight is 411 g/mol. The van der Waals surface area contributed by atoms with E-state index in [1.807, 2.05) is 54.6 Å². The quantitative estimate of drug-likeness (QED) is 0.681. The van der Waals surface area contributed by atoms with E-state index in [0.29, 0.717) is 26.1 Å².